The molecule has 1 aromatic rings. The molecule has 1 heterocycles. The minimum Gasteiger partial charge on any atom is -0.248 e. The average Bonchev–Trinajstić information content (AvgIpc) is 2.99. The number of alkyl halides is 3. The largest absolute Gasteiger partial charge is 0.433 e. The molecule has 1 aromatic heterocycles. The van der Waals surface area contributed by atoms with Crippen molar-refractivity contribution in [2.75, 3.05) is 0 Å². The molecule has 0 amide bonds. The highest BCUT2D eigenvalue weighted by atomic mass is 19.4. The quantitative estimate of drug-likeness (QED) is 0.651. The van der Waals surface area contributed by atoms with Gasteiger partial charge in [-0.3, -0.25) is 0 Å². The third-order valence-corrected chi connectivity index (χ3v) is 2.30. The van der Waals surface area contributed by atoms with Crippen molar-refractivity contribution in [3.63, 3.8) is 0 Å². The molecule has 0 bridgehead atoms. The lowest BCUT2D eigenvalue weighted by Gasteiger charge is -2.08. The Hall–Kier alpha value is -1.50. The summed E-state index contributed by atoms with van der Waals surface area (Å²) in [5, 5.41) is 0. The maximum atomic E-state index is 12.4. The van der Waals surface area contributed by atoms with Gasteiger partial charge >= 0.3 is 6.18 Å². The van der Waals surface area contributed by atoms with Crippen LogP contribution in [0.5, 0.6) is 0 Å². The van der Waals surface area contributed by atoms with E-state index in [1.165, 1.54) is 0 Å². The van der Waals surface area contributed by atoms with Crippen LogP contribution >= 0.6 is 0 Å². The zero-order valence-corrected chi connectivity index (χ0v) is 7.80. The van der Waals surface area contributed by atoms with Crippen molar-refractivity contribution < 1.29 is 13.2 Å². The fraction of sp³-hybridized carbons (Fsp3) is 0.364. The van der Waals surface area contributed by atoms with Gasteiger partial charge in [-0.15, -0.1) is 6.42 Å². The molecule has 0 radical (unpaired) electrons. The first-order valence-corrected chi connectivity index (χ1v) is 4.56. The summed E-state index contributed by atoms with van der Waals surface area (Å²) in [6.45, 7) is 0. The Morgan fingerprint density at radius 3 is 2.47 bits per heavy atom. The number of hydrogen-bond donors (Lipinski definition) is 0. The number of hydrogen-bond acceptors (Lipinski definition) is 1. The van der Waals surface area contributed by atoms with Crippen molar-refractivity contribution in [1.82, 2.24) is 4.98 Å². The highest BCUT2D eigenvalue weighted by molar-refractivity contribution is 5.37. The molecule has 0 saturated heterocycles. The van der Waals surface area contributed by atoms with Gasteiger partial charge in [0.25, 0.3) is 0 Å². The number of nitrogens with zero attached hydrogens (tertiary/aromatic N) is 1. The molecule has 0 spiro atoms. The number of rotatable bonds is 1. The van der Waals surface area contributed by atoms with Gasteiger partial charge in [0.2, 0.25) is 0 Å². The molecule has 2 rings (SSSR count). The Morgan fingerprint density at radius 2 is 2.00 bits per heavy atom. The van der Waals surface area contributed by atoms with E-state index in [9.17, 15) is 13.2 Å². The van der Waals surface area contributed by atoms with Gasteiger partial charge in [0, 0.05) is 17.2 Å². The molecule has 1 saturated carbocycles. The van der Waals surface area contributed by atoms with Crippen LogP contribution in [0, 0.1) is 12.3 Å². The predicted octanol–water partition coefficient (Wildman–Crippen LogP) is 2.96. The van der Waals surface area contributed by atoms with Crippen molar-refractivity contribution in [3.05, 3.63) is 29.1 Å². The third kappa shape index (κ3) is 2.12. The summed E-state index contributed by atoms with van der Waals surface area (Å²) in [4.78, 5) is 3.59. The van der Waals surface area contributed by atoms with Crippen LogP contribution in [0.2, 0.25) is 0 Å². The summed E-state index contributed by atoms with van der Waals surface area (Å²) in [6, 6.07) is 2.47. The minimum atomic E-state index is -4.42. The van der Waals surface area contributed by atoms with Crippen LogP contribution in [-0.4, -0.2) is 4.98 Å². The van der Waals surface area contributed by atoms with Crippen LogP contribution in [0.15, 0.2) is 12.1 Å². The summed E-state index contributed by atoms with van der Waals surface area (Å²) in [5.41, 5.74) is -0.170. The molecule has 1 nitrogen and oxygen atoms in total. The smallest absolute Gasteiger partial charge is 0.248 e. The molecule has 4 heteroatoms. The van der Waals surface area contributed by atoms with Gasteiger partial charge in [-0.1, -0.05) is 5.92 Å². The molecule has 1 aliphatic rings. The first-order valence-electron chi connectivity index (χ1n) is 4.56. The van der Waals surface area contributed by atoms with Crippen molar-refractivity contribution in [1.29, 1.82) is 0 Å². The predicted molar refractivity (Wildman–Crippen MR) is 49.1 cm³/mol. The van der Waals surface area contributed by atoms with Crippen LogP contribution in [0.4, 0.5) is 13.2 Å². The van der Waals surface area contributed by atoms with Crippen LogP contribution in [0.1, 0.15) is 35.7 Å². The van der Waals surface area contributed by atoms with Crippen LogP contribution in [0.3, 0.4) is 0 Å². The van der Waals surface area contributed by atoms with E-state index in [0.29, 0.717) is 5.69 Å². The average molecular weight is 211 g/mol. The standard InChI is InChI=1S/C11H8F3N/c1-2-7-5-9(8-3-4-8)15-10(6-7)11(12,13)14/h1,5-6,8H,3-4H2. The van der Waals surface area contributed by atoms with Gasteiger partial charge in [0.05, 0.1) is 0 Å². The Balaban J connectivity index is 2.47. The van der Waals surface area contributed by atoms with E-state index in [-0.39, 0.29) is 11.5 Å². The third-order valence-electron chi connectivity index (χ3n) is 2.30. The molecule has 0 N–H and O–H groups in total. The van der Waals surface area contributed by atoms with Gasteiger partial charge in [0.1, 0.15) is 5.69 Å². The Bertz CT molecular complexity index is 424. The Morgan fingerprint density at radius 1 is 1.33 bits per heavy atom. The van der Waals surface area contributed by atoms with E-state index < -0.39 is 11.9 Å². The lowest BCUT2D eigenvalue weighted by Crippen LogP contribution is -2.09. The van der Waals surface area contributed by atoms with E-state index in [2.05, 4.69) is 10.9 Å². The van der Waals surface area contributed by atoms with Crippen molar-refractivity contribution in [2.45, 2.75) is 24.9 Å². The molecular weight excluding hydrogens is 203 g/mol. The fourth-order valence-electron chi connectivity index (χ4n) is 1.37. The molecule has 1 aliphatic carbocycles. The van der Waals surface area contributed by atoms with E-state index in [4.69, 9.17) is 6.42 Å². The molecular formula is C11H8F3N. The van der Waals surface area contributed by atoms with E-state index in [1.807, 2.05) is 0 Å². The molecule has 1 fully saturated rings. The monoisotopic (exact) mass is 211 g/mol. The molecule has 78 valence electrons. The van der Waals surface area contributed by atoms with Crippen LogP contribution in [-0.2, 0) is 6.18 Å². The lowest BCUT2D eigenvalue weighted by atomic mass is 10.1. The summed E-state index contributed by atoms with van der Waals surface area (Å²) < 4.78 is 37.3. The SMILES string of the molecule is C#Cc1cc(C2CC2)nc(C(F)(F)F)c1. The van der Waals surface area contributed by atoms with E-state index >= 15 is 0 Å². The second kappa shape index (κ2) is 3.27. The summed E-state index contributed by atoms with van der Waals surface area (Å²) in [7, 11) is 0. The molecule has 0 aliphatic heterocycles. The minimum absolute atomic E-state index is 0.166. The molecule has 0 unspecified atom stereocenters. The normalized spacial score (nSPS) is 16.1. The Kier molecular flexibility index (Phi) is 2.18. The van der Waals surface area contributed by atoms with E-state index in [1.54, 1.807) is 6.07 Å². The number of aromatic nitrogens is 1. The number of pyridine rings is 1. The first kappa shape index (κ1) is 10.0. The first-order chi connectivity index (χ1) is 7.00. The van der Waals surface area contributed by atoms with E-state index in [0.717, 1.165) is 18.9 Å². The second-order valence-electron chi connectivity index (χ2n) is 3.58. The molecule has 0 aromatic carbocycles. The van der Waals surface area contributed by atoms with Crippen molar-refractivity contribution in [2.24, 2.45) is 0 Å². The zero-order chi connectivity index (χ0) is 11.1. The van der Waals surface area contributed by atoms with Crippen LogP contribution < -0.4 is 0 Å². The number of terminal acetylenes is 1. The fourth-order valence-corrected chi connectivity index (χ4v) is 1.37. The lowest BCUT2D eigenvalue weighted by molar-refractivity contribution is -0.141. The summed E-state index contributed by atoms with van der Waals surface area (Å²) >= 11 is 0. The zero-order valence-electron chi connectivity index (χ0n) is 7.80. The van der Waals surface area contributed by atoms with Crippen molar-refractivity contribution in [3.8, 4) is 12.3 Å². The maximum absolute atomic E-state index is 12.4. The highest BCUT2D eigenvalue weighted by Gasteiger charge is 2.35. The second-order valence-corrected chi connectivity index (χ2v) is 3.58. The van der Waals surface area contributed by atoms with Crippen molar-refractivity contribution >= 4 is 0 Å². The Labute approximate surface area is 85.3 Å². The van der Waals surface area contributed by atoms with Gasteiger partial charge in [0.15, 0.2) is 0 Å². The highest BCUT2D eigenvalue weighted by Crippen LogP contribution is 2.40. The number of halogens is 3. The van der Waals surface area contributed by atoms with Gasteiger partial charge in [-0.2, -0.15) is 13.2 Å². The van der Waals surface area contributed by atoms with Gasteiger partial charge < -0.3 is 0 Å². The van der Waals surface area contributed by atoms with Gasteiger partial charge in [-0.05, 0) is 25.0 Å². The maximum Gasteiger partial charge on any atom is 0.433 e. The van der Waals surface area contributed by atoms with Crippen LogP contribution in [0.25, 0.3) is 0 Å². The van der Waals surface area contributed by atoms with Gasteiger partial charge in [-0.25, -0.2) is 4.98 Å². The summed E-state index contributed by atoms with van der Waals surface area (Å²) in [5.74, 6) is 2.39. The molecule has 15 heavy (non-hydrogen) atoms. The molecule has 0 atom stereocenters. The summed E-state index contributed by atoms with van der Waals surface area (Å²) in [6.07, 6.45) is 2.49. The topological polar surface area (TPSA) is 12.9 Å².